The Morgan fingerprint density at radius 3 is 2.34 bits per heavy atom. The molecule has 4 rings (SSSR count). The van der Waals surface area contributed by atoms with E-state index in [2.05, 4.69) is 34.6 Å². The third-order valence-corrected chi connectivity index (χ3v) is 6.08. The molecule has 6 heteroatoms. The molecule has 0 bridgehead atoms. The maximum atomic E-state index is 12.9. The number of rotatable bonds is 10. The number of aromatic nitrogens is 1. The van der Waals surface area contributed by atoms with E-state index in [0.29, 0.717) is 13.1 Å². The minimum atomic E-state index is -0.174. The molecule has 0 fully saturated rings. The minimum Gasteiger partial charge on any atom is -0.361 e. The van der Waals surface area contributed by atoms with Gasteiger partial charge in [-0.05, 0) is 29.3 Å². The fourth-order valence-corrected chi connectivity index (χ4v) is 4.30. The van der Waals surface area contributed by atoms with Crippen LogP contribution < -0.4 is 10.2 Å². The molecule has 1 aromatic heterocycles. The standard InChI is InChI=1S/C29H28N4O2/c30-18-9-19-33(23-12-5-2-6-13-23)29(35)17-16-28(34)32-20-25(22-10-3-1-4-11-22)26-21-31-27-15-8-7-14-24(26)27/h1-8,10-15,21,25,31H,9,16-17,19-20H2,(H,32,34). The molecule has 1 atom stereocenters. The number of fused-ring (bicyclic) bond motifs is 1. The van der Waals surface area contributed by atoms with E-state index in [1.165, 1.54) is 0 Å². The van der Waals surface area contributed by atoms with E-state index in [1.54, 1.807) is 4.90 Å². The second kappa shape index (κ2) is 11.7. The molecule has 0 saturated heterocycles. The first-order chi connectivity index (χ1) is 17.2. The van der Waals surface area contributed by atoms with Gasteiger partial charge in [0, 0.05) is 54.6 Å². The van der Waals surface area contributed by atoms with Crippen LogP contribution in [0.1, 0.15) is 36.3 Å². The fraction of sp³-hybridized carbons (Fsp3) is 0.207. The van der Waals surface area contributed by atoms with Crippen LogP contribution in [0.3, 0.4) is 0 Å². The molecule has 0 aliphatic heterocycles. The zero-order chi connectivity index (χ0) is 24.5. The largest absolute Gasteiger partial charge is 0.361 e. The number of para-hydroxylation sites is 2. The molecule has 176 valence electrons. The van der Waals surface area contributed by atoms with Crippen LogP contribution in [-0.4, -0.2) is 29.9 Å². The van der Waals surface area contributed by atoms with Crippen LogP contribution in [-0.2, 0) is 9.59 Å². The summed E-state index contributed by atoms with van der Waals surface area (Å²) in [4.78, 5) is 30.5. The lowest BCUT2D eigenvalue weighted by molar-refractivity contribution is -0.125. The molecule has 4 aromatic rings. The molecule has 0 aliphatic rings. The zero-order valence-corrected chi connectivity index (χ0v) is 19.5. The van der Waals surface area contributed by atoms with Gasteiger partial charge in [-0.15, -0.1) is 0 Å². The first-order valence-electron chi connectivity index (χ1n) is 11.8. The Morgan fingerprint density at radius 2 is 1.60 bits per heavy atom. The van der Waals surface area contributed by atoms with Gasteiger partial charge in [0.2, 0.25) is 11.8 Å². The van der Waals surface area contributed by atoms with Crippen LogP contribution in [0, 0.1) is 11.3 Å². The van der Waals surface area contributed by atoms with E-state index in [0.717, 1.165) is 27.7 Å². The van der Waals surface area contributed by atoms with Crippen molar-refractivity contribution in [3.63, 3.8) is 0 Å². The van der Waals surface area contributed by atoms with Crippen LogP contribution in [0.15, 0.2) is 91.1 Å². The van der Waals surface area contributed by atoms with Crippen LogP contribution in [0.4, 0.5) is 5.69 Å². The molecular weight excluding hydrogens is 436 g/mol. The molecule has 0 aliphatic carbocycles. The molecule has 6 nitrogen and oxygen atoms in total. The van der Waals surface area contributed by atoms with Crippen molar-refractivity contribution in [2.45, 2.75) is 25.2 Å². The number of nitrogens with zero attached hydrogens (tertiary/aromatic N) is 2. The highest BCUT2D eigenvalue weighted by Gasteiger charge is 2.20. The number of benzene rings is 3. The second-order valence-electron chi connectivity index (χ2n) is 8.35. The summed E-state index contributed by atoms with van der Waals surface area (Å²) in [6, 6.07) is 29.6. The number of anilines is 1. The van der Waals surface area contributed by atoms with E-state index >= 15 is 0 Å². The summed E-state index contributed by atoms with van der Waals surface area (Å²) in [6.07, 6.45) is 2.40. The number of hydrogen-bond acceptors (Lipinski definition) is 3. The summed E-state index contributed by atoms with van der Waals surface area (Å²) in [6.45, 7) is 0.729. The summed E-state index contributed by atoms with van der Waals surface area (Å²) in [7, 11) is 0. The maximum Gasteiger partial charge on any atom is 0.227 e. The van der Waals surface area contributed by atoms with Gasteiger partial charge in [0.25, 0.3) is 0 Å². The Morgan fingerprint density at radius 1 is 0.914 bits per heavy atom. The van der Waals surface area contributed by atoms with Crippen LogP contribution in [0.2, 0.25) is 0 Å². The number of hydrogen-bond donors (Lipinski definition) is 2. The minimum absolute atomic E-state index is 0.0246. The van der Waals surface area contributed by atoms with Gasteiger partial charge in [0.15, 0.2) is 0 Å². The van der Waals surface area contributed by atoms with Crippen LogP contribution in [0.5, 0.6) is 0 Å². The Bertz CT molecular complexity index is 1310. The molecule has 0 saturated carbocycles. The lowest BCUT2D eigenvalue weighted by Crippen LogP contribution is -2.34. The highest BCUT2D eigenvalue weighted by Crippen LogP contribution is 2.30. The van der Waals surface area contributed by atoms with Crippen molar-refractivity contribution < 1.29 is 9.59 Å². The van der Waals surface area contributed by atoms with Crippen molar-refractivity contribution in [2.75, 3.05) is 18.0 Å². The van der Waals surface area contributed by atoms with E-state index in [1.807, 2.05) is 72.9 Å². The van der Waals surface area contributed by atoms with Crippen molar-refractivity contribution in [3.05, 3.63) is 102 Å². The van der Waals surface area contributed by atoms with E-state index in [-0.39, 0.29) is 37.0 Å². The maximum absolute atomic E-state index is 12.9. The average molecular weight is 465 g/mol. The molecule has 1 unspecified atom stereocenters. The fourth-order valence-electron chi connectivity index (χ4n) is 4.30. The predicted molar refractivity (Wildman–Crippen MR) is 138 cm³/mol. The van der Waals surface area contributed by atoms with E-state index in [9.17, 15) is 9.59 Å². The lowest BCUT2D eigenvalue weighted by Gasteiger charge is -2.22. The quantitative estimate of drug-likeness (QED) is 0.340. The normalized spacial score (nSPS) is 11.5. The Labute approximate surface area is 205 Å². The number of amides is 2. The summed E-state index contributed by atoms with van der Waals surface area (Å²) < 4.78 is 0. The number of nitrogens with one attached hydrogen (secondary N) is 2. The number of nitriles is 1. The lowest BCUT2D eigenvalue weighted by atomic mass is 9.91. The predicted octanol–water partition coefficient (Wildman–Crippen LogP) is 5.14. The molecule has 0 spiro atoms. The molecule has 3 aromatic carbocycles. The topological polar surface area (TPSA) is 89.0 Å². The van der Waals surface area contributed by atoms with Crippen molar-refractivity contribution in [2.24, 2.45) is 0 Å². The van der Waals surface area contributed by atoms with Crippen molar-refractivity contribution in [1.82, 2.24) is 10.3 Å². The second-order valence-corrected chi connectivity index (χ2v) is 8.35. The number of carbonyl (C=O) groups excluding carboxylic acids is 2. The summed E-state index contributed by atoms with van der Waals surface area (Å²) in [5, 5.41) is 13.1. The van der Waals surface area contributed by atoms with Gasteiger partial charge in [-0.1, -0.05) is 66.7 Å². The Hall–Kier alpha value is -4.37. The first-order valence-corrected chi connectivity index (χ1v) is 11.8. The molecule has 0 radical (unpaired) electrons. The van der Waals surface area contributed by atoms with Gasteiger partial charge in [-0.2, -0.15) is 5.26 Å². The highest BCUT2D eigenvalue weighted by atomic mass is 16.2. The van der Waals surface area contributed by atoms with Gasteiger partial charge in [0.1, 0.15) is 0 Å². The SMILES string of the molecule is N#CCCN(C(=O)CCC(=O)NCC(c1ccccc1)c1c[nH]c2ccccc12)c1ccccc1. The van der Waals surface area contributed by atoms with Gasteiger partial charge in [-0.25, -0.2) is 0 Å². The molecule has 2 N–H and O–H groups in total. The smallest absolute Gasteiger partial charge is 0.227 e. The van der Waals surface area contributed by atoms with Gasteiger partial charge < -0.3 is 15.2 Å². The van der Waals surface area contributed by atoms with Gasteiger partial charge >= 0.3 is 0 Å². The summed E-state index contributed by atoms with van der Waals surface area (Å²) >= 11 is 0. The summed E-state index contributed by atoms with van der Waals surface area (Å²) in [5.74, 6) is -0.367. The Kier molecular flexibility index (Phi) is 7.92. The molecule has 35 heavy (non-hydrogen) atoms. The zero-order valence-electron chi connectivity index (χ0n) is 19.5. The number of H-pyrrole nitrogens is 1. The summed E-state index contributed by atoms with van der Waals surface area (Å²) in [5.41, 5.74) is 4.02. The monoisotopic (exact) mass is 464 g/mol. The molecular formula is C29H28N4O2. The van der Waals surface area contributed by atoms with Crippen molar-refractivity contribution in [3.8, 4) is 6.07 Å². The third kappa shape index (κ3) is 5.96. The van der Waals surface area contributed by atoms with E-state index < -0.39 is 0 Å². The van der Waals surface area contributed by atoms with Crippen LogP contribution >= 0.6 is 0 Å². The molecule has 2 amide bonds. The first kappa shape index (κ1) is 23.8. The van der Waals surface area contributed by atoms with Crippen LogP contribution in [0.25, 0.3) is 10.9 Å². The van der Waals surface area contributed by atoms with Crippen molar-refractivity contribution >= 4 is 28.4 Å². The van der Waals surface area contributed by atoms with Gasteiger partial charge in [0.05, 0.1) is 12.5 Å². The highest BCUT2D eigenvalue weighted by molar-refractivity contribution is 5.95. The number of aromatic amines is 1. The van der Waals surface area contributed by atoms with Crippen molar-refractivity contribution in [1.29, 1.82) is 5.26 Å². The van der Waals surface area contributed by atoms with E-state index in [4.69, 9.17) is 5.26 Å². The number of carbonyl (C=O) groups is 2. The average Bonchev–Trinajstić information content (AvgIpc) is 3.33. The molecule has 1 heterocycles. The third-order valence-electron chi connectivity index (χ3n) is 6.08. The Balaban J connectivity index is 1.42. The van der Waals surface area contributed by atoms with Gasteiger partial charge in [-0.3, -0.25) is 9.59 Å².